The summed E-state index contributed by atoms with van der Waals surface area (Å²) in [6, 6.07) is 15.1. The van der Waals surface area contributed by atoms with Crippen molar-refractivity contribution >= 4 is 11.1 Å². The first-order chi connectivity index (χ1) is 10.7. The summed E-state index contributed by atoms with van der Waals surface area (Å²) in [5.74, 6) is -0.329. The van der Waals surface area contributed by atoms with Crippen LogP contribution in [0.15, 0.2) is 59.7 Å². The number of halogens is 1. The van der Waals surface area contributed by atoms with Gasteiger partial charge in [-0.05, 0) is 46.4 Å². The summed E-state index contributed by atoms with van der Waals surface area (Å²) in [6.45, 7) is 0. The first-order valence-corrected chi connectivity index (χ1v) is 6.97. The fourth-order valence-electron chi connectivity index (χ4n) is 2.86. The van der Waals surface area contributed by atoms with Crippen LogP contribution < -0.4 is 0 Å². The van der Waals surface area contributed by atoms with Crippen LogP contribution >= 0.6 is 0 Å². The van der Waals surface area contributed by atoms with Crippen molar-refractivity contribution in [3.8, 4) is 0 Å². The highest BCUT2D eigenvalue weighted by Gasteiger charge is 2.34. The van der Waals surface area contributed by atoms with Gasteiger partial charge in [0.1, 0.15) is 5.82 Å². The molecule has 0 unspecified atom stereocenters. The summed E-state index contributed by atoms with van der Waals surface area (Å²) < 4.78 is 13.1. The Hall–Kier alpha value is -2.62. The predicted molar refractivity (Wildman–Crippen MR) is 83.2 cm³/mol. The lowest BCUT2D eigenvalue weighted by Crippen LogP contribution is -2.19. The van der Waals surface area contributed by atoms with Crippen LogP contribution in [0.2, 0.25) is 0 Å². The monoisotopic (exact) mass is 295 g/mol. The summed E-state index contributed by atoms with van der Waals surface area (Å²) in [7, 11) is 0. The van der Waals surface area contributed by atoms with Crippen LogP contribution in [0.4, 0.5) is 4.39 Å². The van der Waals surface area contributed by atoms with Gasteiger partial charge in [-0.2, -0.15) is 0 Å². The highest BCUT2D eigenvalue weighted by molar-refractivity contribution is 5.95. The molecule has 0 bridgehead atoms. The standard InChI is InChI=1S/C17H14FN3O/c18-13-8-6-12(7-9-13)16-14(11-4-2-1-3-5-11)10-15(17(16)22)20-21-19/h1-9,15,17,22H,10H2/t15-,17+/m1/s1. The minimum Gasteiger partial charge on any atom is -0.388 e. The number of aliphatic hydroxyl groups is 1. The zero-order valence-electron chi connectivity index (χ0n) is 11.7. The number of azide groups is 1. The fourth-order valence-corrected chi connectivity index (χ4v) is 2.86. The lowest BCUT2D eigenvalue weighted by atomic mass is 9.96. The second-order valence-electron chi connectivity index (χ2n) is 5.19. The van der Waals surface area contributed by atoms with E-state index in [1.807, 2.05) is 30.3 Å². The molecule has 5 heteroatoms. The second kappa shape index (κ2) is 6.02. The molecule has 2 atom stereocenters. The van der Waals surface area contributed by atoms with E-state index >= 15 is 0 Å². The van der Waals surface area contributed by atoms with Gasteiger partial charge in [0.25, 0.3) is 0 Å². The Morgan fingerprint density at radius 2 is 1.73 bits per heavy atom. The summed E-state index contributed by atoms with van der Waals surface area (Å²) >= 11 is 0. The molecule has 0 saturated heterocycles. The molecule has 0 amide bonds. The van der Waals surface area contributed by atoms with Crippen LogP contribution in [-0.2, 0) is 0 Å². The van der Waals surface area contributed by atoms with E-state index in [9.17, 15) is 9.50 Å². The van der Waals surface area contributed by atoms with Crippen molar-refractivity contribution in [1.82, 2.24) is 0 Å². The largest absolute Gasteiger partial charge is 0.388 e. The molecule has 110 valence electrons. The van der Waals surface area contributed by atoms with Crippen LogP contribution in [0.1, 0.15) is 17.5 Å². The molecule has 4 nitrogen and oxygen atoms in total. The summed E-state index contributed by atoms with van der Waals surface area (Å²) in [6.07, 6.45) is -0.432. The van der Waals surface area contributed by atoms with Crippen molar-refractivity contribution in [2.24, 2.45) is 5.11 Å². The number of aliphatic hydroxyl groups excluding tert-OH is 1. The van der Waals surface area contributed by atoms with Crippen molar-refractivity contribution in [3.63, 3.8) is 0 Å². The Balaban J connectivity index is 2.13. The normalized spacial score (nSPS) is 20.8. The van der Waals surface area contributed by atoms with E-state index < -0.39 is 12.1 Å². The molecule has 22 heavy (non-hydrogen) atoms. The predicted octanol–water partition coefficient (Wildman–Crippen LogP) is 4.18. The van der Waals surface area contributed by atoms with E-state index in [-0.39, 0.29) is 5.82 Å². The average Bonchev–Trinajstić information content (AvgIpc) is 2.87. The third-order valence-electron chi connectivity index (χ3n) is 3.88. The van der Waals surface area contributed by atoms with Crippen molar-refractivity contribution in [1.29, 1.82) is 0 Å². The minimum atomic E-state index is -0.892. The average molecular weight is 295 g/mol. The molecule has 1 aliphatic rings. The minimum absolute atomic E-state index is 0.329. The molecule has 0 fully saturated rings. The van der Waals surface area contributed by atoms with Gasteiger partial charge in [0.2, 0.25) is 0 Å². The number of benzene rings is 2. The maximum Gasteiger partial charge on any atom is 0.123 e. The molecule has 1 aliphatic carbocycles. The summed E-state index contributed by atoms with van der Waals surface area (Å²) in [5, 5.41) is 14.2. The Morgan fingerprint density at radius 1 is 1.05 bits per heavy atom. The van der Waals surface area contributed by atoms with Crippen molar-refractivity contribution in [2.45, 2.75) is 18.6 Å². The van der Waals surface area contributed by atoms with Crippen molar-refractivity contribution in [3.05, 3.63) is 82.0 Å². The maximum atomic E-state index is 13.1. The molecule has 0 aliphatic heterocycles. The molecule has 1 N–H and O–H groups in total. The van der Waals surface area contributed by atoms with E-state index in [0.29, 0.717) is 12.0 Å². The third-order valence-corrected chi connectivity index (χ3v) is 3.88. The van der Waals surface area contributed by atoms with Gasteiger partial charge in [0.15, 0.2) is 0 Å². The molecular formula is C17H14FN3O. The van der Waals surface area contributed by atoms with Gasteiger partial charge in [-0.3, -0.25) is 0 Å². The molecule has 2 aromatic carbocycles. The summed E-state index contributed by atoms with van der Waals surface area (Å²) in [4.78, 5) is 2.82. The maximum absolute atomic E-state index is 13.1. The lowest BCUT2D eigenvalue weighted by molar-refractivity contribution is 0.210. The van der Waals surface area contributed by atoms with E-state index in [0.717, 1.165) is 16.7 Å². The molecule has 3 rings (SSSR count). The van der Waals surface area contributed by atoms with Gasteiger partial charge in [-0.15, -0.1) is 0 Å². The Kier molecular flexibility index (Phi) is 3.92. The van der Waals surface area contributed by atoms with Crippen LogP contribution in [0.3, 0.4) is 0 Å². The van der Waals surface area contributed by atoms with Crippen molar-refractivity contribution in [2.75, 3.05) is 0 Å². The van der Waals surface area contributed by atoms with Crippen LogP contribution in [-0.4, -0.2) is 17.3 Å². The van der Waals surface area contributed by atoms with Gasteiger partial charge in [0.05, 0.1) is 12.1 Å². The molecule has 2 aromatic rings. The first-order valence-electron chi connectivity index (χ1n) is 6.97. The Bertz CT molecular complexity index is 749. The van der Waals surface area contributed by atoms with Gasteiger partial charge in [-0.25, -0.2) is 4.39 Å². The zero-order chi connectivity index (χ0) is 15.5. The van der Waals surface area contributed by atoms with Crippen LogP contribution in [0.25, 0.3) is 21.6 Å². The van der Waals surface area contributed by atoms with Crippen LogP contribution in [0.5, 0.6) is 0 Å². The van der Waals surface area contributed by atoms with Gasteiger partial charge < -0.3 is 5.11 Å². The molecular weight excluding hydrogens is 281 g/mol. The zero-order valence-corrected chi connectivity index (χ0v) is 11.7. The highest BCUT2D eigenvalue weighted by Crippen LogP contribution is 2.41. The number of nitrogens with zero attached hydrogens (tertiary/aromatic N) is 3. The lowest BCUT2D eigenvalue weighted by Gasteiger charge is -2.13. The Labute approximate surface area is 127 Å². The number of hydrogen-bond donors (Lipinski definition) is 1. The first kappa shape index (κ1) is 14.3. The van der Waals surface area contributed by atoms with E-state index in [4.69, 9.17) is 5.53 Å². The van der Waals surface area contributed by atoms with E-state index in [1.165, 1.54) is 12.1 Å². The molecule has 0 saturated carbocycles. The molecule has 0 heterocycles. The molecule has 0 radical (unpaired) electrons. The smallest absolute Gasteiger partial charge is 0.123 e. The topological polar surface area (TPSA) is 69.0 Å². The van der Waals surface area contributed by atoms with Gasteiger partial charge in [0, 0.05) is 4.91 Å². The van der Waals surface area contributed by atoms with Gasteiger partial charge >= 0.3 is 0 Å². The quantitative estimate of drug-likeness (QED) is 0.515. The SMILES string of the molecule is [N-]=[N+]=N[C@@H]1CC(c2ccccc2)=C(c2ccc(F)cc2)[C@H]1O. The molecule has 0 aromatic heterocycles. The highest BCUT2D eigenvalue weighted by atomic mass is 19.1. The number of rotatable bonds is 3. The van der Waals surface area contributed by atoms with Crippen LogP contribution in [0, 0.1) is 5.82 Å². The molecule has 0 spiro atoms. The Morgan fingerprint density at radius 3 is 2.36 bits per heavy atom. The van der Waals surface area contributed by atoms with Gasteiger partial charge in [-0.1, -0.05) is 47.6 Å². The second-order valence-corrected chi connectivity index (χ2v) is 5.19. The fraction of sp³-hybridized carbons (Fsp3) is 0.176. The number of hydrogen-bond acceptors (Lipinski definition) is 2. The summed E-state index contributed by atoms with van der Waals surface area (Å²) in [5.41, 5.74) is 12.0. The van der Waals surface area contributed by atoms with Crippen molar-refractivity contribution < 1.29 is 9.50 Å². The van der Waals surface area contributed by atoms with E-state index in [1.54, 1.807) is 12.1 Å². The van der Waals surface area contributed by atoms with E-state index in [2.05, 4.69) is 10.0 Å². The third kappa shape index (κ3) is 2.60.